The molecule has 1 aromatic heterocycles. The Hall–Kier alpha value is -1.90. The van der Waals surface area contributed by atoms with Gasteiger partial charge in [0.05, 0.1) is 5.69 Å². The van der Waals surface area contributed by atoms with E-state index in [0.29, 0.717) is 11.9 Å². The van der Waals surface area contributed by atoms with Crippen molar-refractivity contribution in [2.45, 2.75) is 49.3 Å². The molecule has 1 heterocycles. The van der Waals surface area contributed by atoms with Crippen molar-refractivity contribution in [3.63, 3.8) is 0 Å². The molecule has 142 valence electrons. The molecule has 9 heteroatoms. The third-order valence-electron chi connectivity index (χ3n) is 4.60. The van der Waals surface area contributed by atoms with Gasteiger partial charge >= 0.3 is 0 Å². The van der Waals surface area contributed by atoms with Gasteiger partial charge in [-0.2, -0.15) is 5.10 Å². The van der Waals surface area contributed by atoms with Crippen molar-refractivity contribution in [3.05, 3.63) is 41.2 Å². The largest absolute Gasteiger partial charge is 0.282 e. The molecule has 2 aromatic rings. The molecule has 4 nitrogen and oxygen atoms in total. The van der Waals surface area contributed by atoms with Gasteiger partial charge in [0, 0.05) is 30.0 Å². The van der Waals surface area contributed by atoms with Gasteiger partial charge in [-0.05, 0) is 18.9 Å². The molecule has 1 saturated carbocycles. The summed E-state index contributed by atoms with van der Waals surface area (Å²) in [6.45, 7) is 0. The Morgan fingerprint density at radius 3 is 2.15 bits per heavy atom. The molecule has 0 spiro atoms. The van der Waals surface area contributed by atoms with Crippen molar-refractivity contribution < 1.29 is 26.0 Å². The van der Waals surface area contributed by atoms with Crippen LogP contribution in [0.2, 0.25) is 0 Å². The maximum atomic E-state index is 14.2. The van der Waals surface area contributed by atoms with Gasteiger partial charge in [0.1, 0.15) is 22.2 Å². The van der Waals surface area contributed by atoms with Crippen LogP contribution in [0.5, 0.6) is 0 Å². The maximum Gasteiger partial charge on any atom is 0.282 e. The lowest BCUT2D eigenvalue weighted by molar-refractivity contribution is 0.145. The highest BCUT2D eigenvalue weighted by molar-refractivity contribution is 7.90. The molecule has 0 radical (unpaired) electrons. The summed E-state index contributed by atoms with van der Waals surface area (Å²) in [5.74, 6) is -2.58. The van der Waals surface area contributed by atoms with E-state index < -0.39 is 38.5 Å². The van der Waals surface area contributed by atoms with E-state index in [0.717, 1.165) is 48.9 Å². The Kier molecular flexibility index (Phi) is 5.09. The molecular formula is C17H18F4N2O2S. The summed E-state index contributed by atoms with van der Waals surface area (Å²) in [5, 5.41) is 3.81. The summed E-state index contributed by atoms with van der Waals surface area (Å²) >= 11 is 0. The smallest absolute Gasteiger partial charge is 0.237 e. The van der Waals surface area contributed by atoms with Crippen LogP contribution in [-0.2, 0) is 9.84 Å². The minimum Gasteiger partial charge on any atom is -0.237 e. The van der Waals surface area contributed by atoms with E-state index in [1.807, 2.05) is 0 Å². The van der Waals surface area contributed by atoms with Gasteiger partial charge in [-0.25, -0.2) is 30.7 Å². The van der Waals surface area contributed by atoms with Crippen LogP contribution < -0.4 is 0 Å². The molecule has 0 atom stereocenters. The predicted molar refractivity (Wildman–Crippen MR) is 87.4 cm³/mol. The number of alkyl halides is 2. The summed E-state index contributed by atoms with van der Waals surface area (Å²) in [7, 11) is -4.10. The van der Waals surface area contributed by atoms with Crippen LogP contribution in [0.25, 0.3) is 5.69 Å². The van der Waals surface area contributed by atoms with E-state index in [-0.39, 0.29) is 11.6 Å². The van der Waals surface area contributed by atoms with Gasteiger partial charge in [-0.3, -0.25) is 0 Å². The number of benzene rings is 1. The normalized spacial score (nSPS) is 16.4. The zero-order chi connectivity index (χ0) is 19.1. The molecule has 0 N–H and O–H groups in total. The lowest BCUT2D eigenvalue weighted by Gasteiger charge is -2.22. The minimum absolute atomic E-state index is 0.0375. The SMILES string of the molecule is CS(=O)(=O)c1c(F)cc(-n2nc(C(F)F)cc2C2CCCCC2)cc1F. The summed E-state index contributed by atoms with van der Waals surface area (Å²) in [6, 6.07) is 2.89. The number of halogens is 4. The summed E-state index contributed by atoms with van der Waals surface area (Å²) in [4.78, 5) is -1.04. The second-order valence-corrected chi connectivity index (χ2v) is 8.50. The molecule has 0 aliphatic heterocycles. The van der Waals surface area contributed by atoms with E-state index in [1.54, 1.807) is 0 Å². The Morgan fingerprint density at radius 2 is 1.65 bits per heavy atom. The number of hydrogen-bond donors (Lipinski definition) is 0. The Balaban J connectivity index is 2.14. The van der Waals surface area contributed by atoms with Gasteiger partial charge in [0.15, 0.2) is 9.84 Å². The molecule has 1 aromatic carbocycles. The van der Waals surface area contributed by atoms with Crippen LogP contribution in [-0.4, -0.2) is 24.5 Å². The fraction of sp³-hybridized carbons (Fsp3) is 0.471. The van der Waals surface area contributed by atoms with E-state index in [1.165, 1.54) is 6.07 Å². The van der Waals surface area contributed by atoms with Crippen molar-refractivity contribution in [3.8, 4) is 5.69 Å². The van der Waals surface area contributed by atoms with Gasteiger partial charge in [0.2, 0.25) is 0 Å². The molecule has 1 aliphatic rings. The van der Waals surface area contributed by atoms with Crippen LogP contribution in [0.3, 0.4) is 0 Å². The second-order valence-electron chi connectivity index (χ2n) is 6.55. The molecule has 0 saturated heterocycles. The molecule has 1 aliphatic carbocycles. The number of hydrogen-bond acceptors (Lipinski definition) is 3. The average molecular weight is 390 g/mol. The first kappa shape index (κ1) is 18.9. The van der Waals surface area contributed by atoms with Gasteiger partial charge in [-0.15, -0.1) is 0 Å². The van der Waals surface area contributed by atoms with Crippen LogP contribution >= 0.6 is 0 Å². The van der Waals surface area contributed by atoms with Gasteiger partial charge < -0.3 is 0 Å². The fourth-order valence-corrected chi connectivity index (χ4v) is 4.27. The van der Waals surface area contributed by atoms with Crippen molar-refractivity contribution in [2.24, 2.45) is 0 Å². The van der Waals surface area contributed by atoms with E-state index >= 15 is 0 Å². The quantitative estimate of drug-likeness (QED) is 0.721. The molecule has 0 unspecified atom stereocenters. The van der Waals surface area contributed by atoms with Crippen LogP contribution in [0.15, 0.2) is 23.1 Å². The highest BCUT2D eigenvalue weighted by Crippen LogP contribution is 2.36. The van der Waals surface area contributed by atoms with E-state index in [9.17, 15) is 26.0 Å². The molecule has 3 rings (SSSR count). The van der Waals surface area contributed by atoms with Crippen LogP contribution in [0, 0.1) is 11.6 Å². The molecular weight excluding hydrogens is 372 g/mol. The lowest BCUT2D eigenvalue weighted by Crippen LogP contribution is -2.12. The topological polar surface area (TPSA) is 52.0 Å². The van der Waals surface area contributed by atoms with Crippen LogP contribution in [0.1, 0.15) is 55.8 Å². The van der Waals surface area contributed by atoms with E-state index in [2.05, 4.69) is 5.10 Å². The van der Waals surface area contributed by atoms with Crippen molar-refractivity contribution in [2.75, 3.05) is 6.26 Å². The Labute approximate surface area is 148 Å². The molecule has 26 heavy (non-hydrogen) atoms. The standard InChI is InChI=1S/C17H18F4N2O2S/c1-26(24,25)16-12(18)7-11(8-13(16)19)23-15(9-14(22-23)17(20)21)10-5-3-2-4-6-10/h7-10,17H,2-6H2,1H3. The number of sulfone groups is 1. The first-order valence-electron chi connectivity index (χ1n) is 8.26. The summed E-state index contributed by atoms with van der Waals surface area (Å²) < 4.78 is 78.8. The van der Waals surface area contributed by atoms with Crippen LogP contribution in [0.4, 0.5) is 17.6 Å². The number of nitrogens with zero attached hydrogens (tertiary/aromatic N) is 2. The molecule has 0 amide bonds. The monoisotopic (exact) mass is 390 g/mol. The molecule has 1 fully saturated rings. The number of aromatic nitrogens is 2. The first-order valence-corrected chi connectivity index (χ1v) is 10.1. The van der Waals surface area contributed by atoms with Crippen molar-refractivity contribution in [1.29, 1.82) is 0 Å². The zero-order valence-corrected chi connectivity index (χ0v) is 14.9. The fourth-order valence-electron chi connectivity index (χ4n) is 3.44. The zero-order valence-electron chi connectivity index (χ0n) is 14.1. The third-order valence-corrected chi connectivity index (χ3v) is 5.73. The van der Waals surface area contributed by atoms with Gasteiger partial charge in [0.25, 0.3) is 6.43 Å². The second kappa shape index (κ2) is 7.02. The van der Waals surface area contributed by atoms with Crippen molar-refractivity contribution >= 4 is 9.84 Å². The molecule has 0 bridgehead atoms. The predicted octanol–water partition coefficient (Wildman–Crippen LogP) is 4.54. The first-order chi connectivity index (χ1) is 12.2. The maximum absolute atomic E-state index is 14.2. The summed E-state index contributed by atoms with van der Waals surface area (Å²) in [6.07, 6.45) is 2.37. The average Bonchev–Trinajstić information content (AvgIpc) is 2.99. The van der Waals surface area contributed by atoms with E-state index in [4.69, 9.17) is 0 Å². The highest BCUT2D eigenvalue weighted by Gasteiger charge is 2.26. The number of rotatable bonds is 4. The summed E-state index contributed by atoms with van der Waals surface area (Å²) in [5.41, 5.74) is -0.121. The third kappa shape index (κ3) is 3.62. The Morgan fingerprint density at radius 1 is 1.08 bits per heavy atom. The van der Waals surface area contributed by atoms with Crippen molar-refractivity contribution in [1.82, 2.24) is 9.78 Å². The Bertz CT molecular complexity index is 896. The highest BCUT2D eigenvalue weighted by atomic mass is 32.2. The minimum atomic E-state index is -4.10. The van der Waals surface area contributed by atoms with Gasteiger partial charge in [-0.1, -0.05) is 19.3 Å². The lowest BCUT2D eigenvalue weighted by atomic mass is 9.86.